The highest BCUT2D eigenvalue weighted by atomic mass is 32.2. The minimum Gasteiger partial charge on any atom is -0.493 e. The largest absolute Gasteiger partial charge is 0.493 e. The highest BCUT2D eigenvalue weighted by molar-refractivity contribution is 8.27. The van der Waals surface area contributed by atoms with Crippen LogP contribution in [0.3, 0.4) is 0 Å². The topological polar surface area (TPSA) is 68.3 Å². The Bertz CT molecular complexity index is 1080. The summed E-state index contributed by atoms with van der Waals surface area (Å²) < 4.78 is 16.5. The van der Waals surface area contributed by atoms with Gasteiger partial charge in [-0.25, -0.2) is 4.79 Å². The van der Waals surface area contributed by atoms with E-state index >= 15 is 0 Å². The average molecular weight is 487 g/mol. The Kier molecular flexibility index (Phi) is 7.99. The Morgan fingerprint density at radius 1 is 1.15 bits per heavy atom. The molecule has 1 fully saturated rings. The molecule has 0 spiro atoms. The lowest BCUT2D eigenvalue weighted by molar-refractivity contribution is -0.149. The molecule has 1 heterocycles. The summed E-state index contributed by atoms with van der Waals surface area (Å²) in [6, 6.07) is 12.8. The van der Waals surface area contributed by atoms with Crippen LogP contribution in [0.2, 0.25) is 0 Å². The number of carbonyl (C=O) groups excluding carboxylic acids is 2. The van der Waals surface area contributed by atoms with Crippen LogP contribution in [0.5, 0.6) is 11.5 Å². The van der Waals surface area contributed by atoms with Gasteiger partial charge in [-0.3, -0.25) is 9.69 Å². The first-order valence-corrected chi connectivity index (χ1v) is 11.5. The zero-order valence-electron chi connectivity index (χ0n) is 19.2. The van der Waals surface area contributed by atoms with E-state index in [0.717, 1.165) is 16.9 Å². The van der Waals surface area contributed by atoms with Gasteiger partial charge in [0.2, 0.25) is 0 Å². The van der Waals surface area contributed by atoms with Crippen molar-refractivity contribution >= 4 is 57.6 Å². The zero-order valence-corrected chi connectivity index (χ0v) is 20.8. The molecule has 0 saturated carbocycles. The second-order valence-electron chi connectivity index (χ2n) is 7.67. The van der Waals surface area contributed by atoms with Crippen LogP contribution in [0.4, 0.5) is 11.4 Å². The van der Waals surface area contributed by atoms with Gasteiger partial charge >= 0.3 is 5.97 Å². The average Bonchev–Trinajstić information content (AvgIpc) is 3.04. The first-order chi connectivity index (χ1) is 15.7. The molecule has 33 heavy (non-hydrogen) atoms. The van der Waals surface area contributed by atoms with Crippen molar-refractivity contribution in [3.05, 3.63) is 52.9 Å². The third-order valence-electron chi connectivity index (χ3n) is 4.62. The van der Waals surface area contributed by atoms with E-state index in [2.05, 4.69) is 0 Å². The fourth-order valence-corrected chi connectivity index (χ4v) is 4.37. The molecule has 0 atom stereocenters. The molecule has 2 aromatic carbocycles. The van der Waals surface area contributed by atoms with E-state index < -0.39 is 5.97 Å². The number of anilines is 2. The van der Waals surface area contributed by atoms with Crippen molar-refractivity contribution in [2.75, 3.05) is 37.6 Å². The van der Waals surface area contributed by atoms with Crippen LogP contribution in [-0.2, 0) is 14.3 Å². The molecule has 0 unspecified atom stereocenters. The molecule has 2 aromatic rings. The maximum Gasteiger partial charge on any atom is 0.344 e. The fourth-order valence-electron chi connectivity index (χ4n) is 3.07. The Balaban J connectivity index is 1.76. The van der Waals surface area contributed by atoms with Crippen LogP contribution in [-0.4, -0.2) is 50.1 Å². The Morgan fingerprint density at radius 3 is 2.45 bits per heavy atom. The van der Waals surface area contributed by atoms with E-state index in [-0.39, 0.29) is 18.6 Å². The highest BCUT2D eigenvalue weighted by Crippen LogP contribution is 2.37. The second kappa shape index (κ2) is 10.7. The molecular formula is C24H26N2O5S2. The SMILES string of the molecule is COc1cc(/C=C2\SC(=S)N(c3ccc(N(C)C)cc3)C2=O)ccc1OCC(=O)OC(C)C. The van der Waals surface area contributed by atoms with E-state index in [9.17, 15) is 9.59 Å². The lowest BCUT2D eigenvalue weighted by Crippen LogP contribution is -2.27. The van der Waals surface area contributed by atoms with E-state index in [1.54, 1.807) is 38.1 Å². The van der Waals surface area contributed by atoms with Crippen LogP contribution in [0.25, 0.3) is 6.08 Å². The molecule has 1 saturated heterocycles. The summed E-state index contributed by atoms with van der Waals surface area (Å²) in [5, 5.41) is 0. The summed E-state index contributed by atoms with van der Waals surface area (Å²) in [4.78, 5) is 28.8. The Hall–Kier alpha value is -3.04. The van der Waals surface area contributed by atoms with Crippen molar-refractivity contribution < 1.29 is 23.8 Å². The monoisotopic (exact) mass is 486 g/mol. The third kappa shape index (κ3) is 6.06. The summed E-state index contributed by atoms with van der Waals surface area (Å²) >= 11 is 6.71. The molecule has 174 valence electrons. The Labute approximate surface area is 203 Å². The highest BCUT2D eigenvalue weighted by Gasteiger charge is 2.33. The quantitative estimate of drug-likeness (QED) is 0.307. The number of methoxy groups -OCH3 is 1. The molecule has 0 bridgehead atoms. The van der Waals surface area contributed by atoms with Gasteiger partial charge in [-0.05, 0) is 61.9 Å². The minimum absolute atomic E-state index is 0.182. The van der Waals surface area contributed by atoms with Crippen molar-refractivity contribution in [1.29, 1.82) is 0 Å². The molecule has 0 N–H and O–H groups in total. The molecule has 9 heteroatoms. The van der Waals surface area contributed by atoms with Crippen LogP contribution in [0, 0.1) is 0 Å². The van der Waals surface area contributed by atoms with Gasteiger partial charge in [0, 0.05) is 19.8 Å². The first-order valence-electron chi connectivity index (χ1n) is 10.2. The van der Waals surface area contributed by atoms with Gasteiger partial charge in [0.15, 0.2) is 22.4 Å². The summed E-state index contributed by atoms with van der Waals surface area (Å²) in [5.74, 6) is 0.205. The Morgan fingerprint density at radius 2 is 1.85 bits per heavy atom. The molecule has 3 rings (SSSR count). The maximum atomic E-state index is 13.1. The summed E-state index contributed by atoms with van der Waals surface area (Å²) in [6.45, 7) is 3.32. The number of ether oxygens (including phenoxy) is 3. The van der Waals surface area contributed by atoms with Gasteiger partial charge in [-0.15, -0.1) is 0 Å². The van der Waals surface area contributed by atoms with Gasteiger partial charge in [0.05, 0.1) is 23.8 Å². The van der Waals surface area contributed by atoms with Gasteiger partial charge in [0.25, 0.3) is 5.91 Å². The minimum atomic E-state index is -0.460. The number of hydrogen-bond donors (Lipinski definition) is 0. The fraction of sp³-hybridized carbons (Fsp3) is 0.292. The lowest BCUT2D eigenvalue weighted by Gasteiger charge is -2.17. The molecule has 1 amide bonds. The number of nitrogens with zero attached hydrogens (tertiary/aromatic N) is 2. The lowest BCUT2D eigenvalue weighted by atomic mass is 10.1. The number of esters is 1. The molecule has 1 aliphatic rings. The number of thioether (sulfide) groups is 1. The van der Waals surface area contributed by atoms with Crippen LogP contribution < -0.4 is 19.3 Å². The van der Waals surface area contributed by atoms with E-state index in [1.807, 2.05) is 43.3 Å². The number of hydrogen-bond acceptors (Lipinski definition) is 8. The molecular weight excluding hydrogens is 460 g/mol. The van der Waals surface area contributed by atoms with E-state index in [1.165, 1.54) is 23.8 Å². The number of amides is 1. The number of carbonyl (C=O) groups is 2. The first kappa shape index (κ1) is 24.6. The van der Waals surface area contributed by atoms with E-state index in [0.29, 0.717) is 20.7 Å². The second-order valence-corrected chi connectivity index (χ2v) is 9.34. The van der Waals surface area contributed by atoms with Crippen molar-refractivity contribution in [3.63, 3.8) is 0 Å². The van der Waals surface area contributed by atoms with Crippen molar-refractivity contribution in [3.8, 4) is 11.5 Å². The maximum absolute atomic E-state index is 13.1. The normalized spacial score (nSPS) is 14.7. The number of benzene rings is 2. The van der Waals surface area contributed by atoms with Gasteiger partial charge in [-0.2, -0.15) is 0 Å². The molecule has 0 aromatic heterocycles. The molecule has 0 aliphatic carbocycles. The summed E-state index contributed by atoms with van der Waals surface area (Å²) in [5.41, 5.74) is 2.50. The molecule has 0 radical (unpaired) electrons. The smallest absolute Gasteiger partial charge is 0.344 e. The van der Waals surface area contributed by atoms with Crippen LogP contribution in [0.15, 0.2) is 47.4 Å². The zero-order chi connectivity index (χ0) is 24.1. The van der Waals surface area contributed by atoms with Gasteiger partial charge in [0.1, 0.15) is 0 Å². The standard InChI is InChI=1S/C24H26N2O5S2/c1-15(2)31-22(27)14-30-19-11-6-16(12-20(19)29-5)13-21-23(28)26(24(32)33-21)18-9-7-17(8-10-18)25(3)4/h6-13,15H,14H2,1-5H3/b21-13-. The van der Waals surface area contributed by atoms with Crippen molar-refractivity contribution in [2.24, 2.45) is 0 Å². The van der Waals surface area contributed by atoms with Gasteiger partial charge < -0.3 is 19.1 Å². The third-order valence-corrected chi connectivity index (χ3v) is 5.92. The predicted molar refractivity (Wildman–Crippen MR) is 136 cm³/mol. The predicted octanol–water partition coefficient (Wildman–Crippen LogP) is 4.50. The van der Waals surface area contributed by atoms with E-state index in [4.69, 9.17) is 26.4 Å². The number of rotatable bonds is 8. The van der Waals surface area contributed by atoms with Crippen molar-refractivity contribution in [1.82, 2.24) is 0 Å². The van der Waals surface area contributed by atoms with Crippen LogP contribution >= 0.6 is 24.0 Å². The van der Waals surface area contributed by atoms with Crippen molar-refractivity contribution in [2.45, 2.75) is 20.0 Å². The van der Waals surface area contributed by atoms with Crippen LogP contribution in [0.1, 0.15) is 19.4 Å². The number of thiocarbonyl (C=S) groups is 1. The summed E-state index contributed by atoms with van der Waals surface area (Å²) in [7, 11) is 5.42. The summed E-state index contributed by atoms with van der Waals surface area (Å²) in [6.07, 6.45) is 1.54. The molecule has 1 aliphatic heterocycles. The molecule has 7 nitrogen and oxygen atoms in total. The van der Waals surface area contributed by atoms with Gasteiger partial charge in [-0.1, -0.05) is 30.0 Å².